The maximum absolute atomic E-state index is 13.6. The largest absolute Gasteiger partial charge is 0.314 e. The summed E-state index contributed by atoms with van der Waals surface area (Å²) >= 11 is 0. The highest BCUT2D eigenvalue weighted by Gasteiger charge is 2.40. The molecule has 1 saturated heterocycles. The molecule has 0 bridgehead atoms. The lowest BCUT2D eigenvalue weighted by Gasteiger charge is -2.26. The van der Waals surface area contributed by atoms with E-state index in [1.54, 1.807) is 4.31 Å². The van der Waals surface area contributed by atoms with E-state index in [1.165, 1.54) is 6.42 Å². The SMILES string of the molecule is Cc1cc(C)c(S(=O)(=O)N2CCCC2c2nnc3n2CCCCC3)c(C)c1. The van der Waals surface area contributed by atoms with Crippen LogP contribution in [-0.4, -0.2) is 34.0 Å². The Morgan fingerprint density at radius 3 is 2.44 bits per heavy atom. The minimum atomic E-state index is -3.58. The lowest BCUT2D eigenvalue weighted by molar-refractivity contribution is 0.370. The summed E-state index contributed by atoms with van der Waals surface area (Å²) in [5, 5.41) is 8.83. The third-order valence-electron chi connectivity index (χ3n) is 5.81. The fourth-order valence-electron chi connectivity index (χ4n) is 4.73. The van der Waals surface area contributed by atoms with E-state index in [-0.39, 0.29) is 6.04 Å². The quantitative estimate of drug-likeness (QED) is 0.808. The summed E-state index contributed by atoms with van der Waals surface area (Å²) in [6.45, 7) is 7.22. The monoisotopic (exact) mass is 388 g/mol. The predicted molar refractivity (Wildman–Crippen MR) is 104 cm³/mol. The first-order valence-electron chi connectivity index (χ1n) is 9.91. The summed E-state index contributed by atoms with van der Waals surface area (Å²) < 4.78 is 31.0. The summed E-state index contributed by atoms with van der Waals surface area (Å²) in [6, 6.07) is 3.69. The van der Waals surface area contributed by atoms with E-state index in [1.807, 2.05) is 32.9 Å². The van der Waals surface area contributed by atoms with Crippen molar-refractivity contribution in [3.05, 3.63) is 40.5 Å². The standard InChI is InChI=1S/C20H28N4O2S/c1-14-12-15(2)19(16(3)13-14)27(25,26)24-11-7-8-17(24)20-22-21-18-9-5-4-6-10-23(18)20/h12-13,17H,4-11H2,1-3H3. The first-order valence-corrected chi connectivity index (χ1v) is 11.4. The van der Waals surface area contributed by atoms with Gasteiger partial charge in [-0.15, -0.1) is 10.2 Å². The number of benzene rings is 1. The van der Waals surface area contributed by atoms with E-state index >= 15 is 0 Å². The lowest BCUT2D eigenvalue weighted by Crippen LogP contribution is -2.33. The van der Waals surface area contributed by atoms with Crippen molar-refractivity contribution in [1.82, 2.24) is 19.1 Å². The van der Waals surface area contributed by atoms with Crippen molar-refractivity contribution >= 4 is 10.0 Å². The Balaban J connectivity index is 1.75. The van der Waals surface area contributed by atoms with Gasteiger partial charge in [0.05, 0.1) is 10.9 Å². The average molecular weight is 389 g/mol. The van der Waals surface area contributed by atoms with E-state index in [0.717, 1.165) is 67.0 Å². The number of sulfonamides is 1. The molecule has 0 amide bonds. The number of rotatable bonds is 3. The number of aryl methyl sites for hydroxylation is 4. The van der Waals surface area contributed by atoms with Crippen molar-refractivity contribution in [2.24, 2.45) is 0 Å². The molecule has 7 heteroatoms. The summed E-state index contributed by atoms with van der Waals surface area (Å²) in [6.07, 6.45) is 6.03. The fraction of sp³-hybridized carbons (Fsp3) is 0.600. The lowest BCUT2D eigenvalue weighted by atomic mass is 10.1. The zero-order valence-corrected chi connectivity index (χ0v) is 17.2. The van der Waals surface area contributed by atoms with Gasteiger partial charge in [0, 0.05) is 19.5 Å². The second-order valence-electron chi connectivity index (χ2n) is 7.94. The van der Waals surface area contributed by atoms with Crippen molar-refractivity contribution in [3.8, 4) is 0 Å². The average Bonchev–Trinajstić information content (AvgIpc) is 3.15. The van der Waals surface area contributed by atoms with Crippen LogP contribution in [0.3, 0.4) is 0 Å². The maximum atomic E-state index is 13.6. The Kier molecular flexibility index (Phi) is 4.84. The summed E-state index contributed by atoms with van der Waals surface area (Å²) in [7, 11) is -3.58. The Morgan fingerprint density at radius 1 is 0.963 bits per heavy atom. The highest BCUT2D eigenvalue weighted by molar-refractivity contribution is 7.89. The predicted octanol–water partition coefficient (Wildman–Crippen LogP) is 3.46. The molecule has 3 heterocycles. The second kappa shape index (κ2) is 7.02. The van der Waals surface area contributed by atoms with Gasteiger partial charge in [-0.05, 0) is 57.6 Å². The van der Waals surface area contributed by atoms with Crippen LogP contribution in [0, 0.1) is 20.8 Å². The zero-order valence-electron chi connectivity index (χ0n) is 16.4. The van der Waals surface area contributed by atoms with Crippen LogP contribution in [0.2, 0.25) is 0 Å². The van der Waals surface area contributed by atoms with Gasteiger partial charge in [-0.25, -0.2) is 8.42 Å². The molecule has 2 aliphatic rings. The molecule has 1 aromatic heterocycles. The first kappa shape index (κ1) is 18.6. The van der Waals surface area contributed by atoms with E-state index in [0.29, 0.717) is 11.4 Å². The van der Waals surface area contributed by atoms with E-state index < -0.39 is 10.0 Å². The molecular formula is C20H28N4O2S. The van der Waals surface area contributed by atoms with Gasteiger partial charge in [-0.1, -0.05) is 24.1 Å². The van der Waals surface area contributed by atoms with Crippen LogP contribution < -0.4 is 0 Å². The van der Waals surface area contributed by atoms with Gasteiger partial charge in [-0.3, -0.25) is 0 Å². The molecule has 1 unspecified atom stereocenters. The van der Waals surface area contributed by atoms with Crippen molar-refractivity contribution in [2.45, 2.75) is 76.8 Å². The number of nitrogens with zero attached hydrogens (tertiary/aromatic N) is 4. The van der Waals surface area contributed by atoms with Crippen LogP contribution >= 0.6 is 0 Å². The van der Waals surface area contributed by atoms with Crippen molar-refractivity contribution in [2.75, 3.05) is 6.54 Å². The van der Waals surface area contributed by atoms with Crippen LogP contribution in [0.4, 0.5) is 0 Å². The Labute approximate surface area is 161 Å². The third kappa shape index (κ3) is 3.21. The molecular weight excluding hydrogens is 360 g/mol. The van der Waals surface area contributed by atoms with Gasteiger partial charge >= 0.3 is 0 Å². The molecule has 146 valence electrons. The van der Waals surface area contributed by atoms with Gasteiger partial charge in [0.1, 0.15) is 5.82 Å². The van der Waals surface area contributed by atoms with Crippen LogP contribution in [0.15, 0.2) is 17.0 Å². The van der Waals surface area contributed by atoms with Crippen LogP contribution in [0.25, 0.3) is 0 Å². The molecule has 1 aromatic carbocycles. The minimum Gasteiger partial charge on any atom is -0.314 e. The molecule has 0 saturated carbocycles. The number of hydrogen-bond acceptors (Lipinski definition) is 4. The minimum absolute atomic E-state index is 0.213. The molecule has 0 aliphatic carbocycles. The van der Waals surface area contributed by atoms with Gasteiger partial charge in [0.2, 0.25) is 10.0 Å². The van der Waals surface area contributed by atoms with Crippen molar-refractivity contribution in [3.63, 3.8) is 0 Å². The molecule has 0 radical (unpaired) electrons. The highest BCUT2D eigenvalue weighted by Crippen LogP contribution is 2.38. The molecule has 2 aromatic rings. The fourth-order valence-corrected chi connectivity index (χ4v) is 6.80. The summed E-state index contributed by atoms with van der Waals surface area (Å²) in [5.74, 6) is 1.84. The number of hydrogen-bond donors (Lipinski definition) is 0. The number of fused-ring (bicyclic) bond motifs is 1. The topological polar surface area (TPSA) is 68.1 Å². The van der Waals surface area contributed by atoms with Gasteiger partial charge < -0.3 is 4.57 Å². The Hall–Kier alpha value is -1.73. The second-order valence-corrected chi connectivity index (χ2v) is 9.77. The van der Waals surface area contributed by atoms with E-state index in [2.05, 4.69) is 14.8 Å². The normalized spacial score (nSPS) is 21.2. The molecule has 0 spiro atoms. The van der Waals surface area contributed by atoms with Crippen LogP contribution in [-0.2, 0) is 23.0 Å². The number of aromatic nitrogens is 3. The van der Waals surface area contributed by atoms with Gasteiger partial charge in [0.15, 0.2) is 5.82 Å². The molecule has 6 nitrogen and oxygen atoms in total. The smallest absolute Gasteiger partial charge is 0.244 e. The highest BCUT2D eigenvalue weighted by atomic mass is 32.2. The van der Waals surface area contributed by atoms with Crippen LogP contribution in [0.5, 0.6) is 0 Å². The van der Waals surface area contributed by atoms with Crippen molar-refractivity contribution < 1.29 is 8.42 Å². The Bertz CT molecular complexity index is 941. The molecule has 0 N–H and O–H groups in total. The summed E-state index contributed by atoms with van der Waals surface area (Å²) in [5.41, 5.74) is 2.72. The van der Waals surface area contributed by atoms with Crippen LogP contribution in [0.1, 0.15) is 66.5 Å². The van der Waals surface area contributed by atoms with E-state index in [4.69, 9.17) is 0 Å². The molecule has 27 heavy (non-hydrogen) atoms. The zero-order chi connectivity index (χ0) is 19.2. The molecule has 1 atom stereocenters. The van der Waals surface area contributed by atoms with Crippen molar-refractivity contribution in [1.29, 1.82) is 0 Å². The third-order valence-corrected chi connectivity index (χ3v) is 8.03. The summed E-state index contributed by atoms with van der Waals surface area (Å²) in [4.78, 5) is 0.454. The molecule has 4 rings (SSSR count). The molecule has 1 fully saturated rings. The maximum Gasteiger partial charge on any atom is 0.244 e. The van der Waals surface area contributed by atoms with Gasteiger partial charge in [-0.2, -0.15) is 4.31 Å². The Morgan fingerprint density at radius 2 is 1.70 bits per heavy atom. The van der Waals surface area contributed by atoms with Gasteiger partial charge in [0.25, 0.3) is 0 Å². The van der Waals surface area contributed by atoms with E-state index in [9.17, 15) is 8.42 Å². The molecule has 2 aliphatic heterocycles. The first-order chi connectivity index (χ1) is 12.9.